The minimum Gasteiger partial charge on any atom is -0.493 e. The van der Waals surface area contributed by atoms with E-state index in [1.807, 2.05) is 6.07 Å². The maximum absolute atomic E-state index is 12.9. The van der Waals surface area contributed by atoms with E-state index in [4.69, 9.17) is 15.1 Å². The first-order chi connectivity index (χ1) is 8.15. The van der Waals surface area contributed by atoms with Gasteiger partial charge in [-0.15, -0.1) is 0 Å². The number of nitrogens with zero attached hydrogens (tertiary/aromatic N) is 1. The number of unbranched alkanes of at least 4 members (excludes halogenated alkanes) is 2. The molecule has 0 fully saturated rings. The molecule has 0 unspecified atom stereocenters. The van der Waals surface area contributed by atoms with Crippen LogP contribution in [0.5, 0.6) is 5.75 Å². The van der Waals surface area contributed by atoms with Crippen molar-refractivity contribution in [1.29, 1.82) is 5.26 Å². The lowest BCUT2D eigenvalue weighted by atomic mass is 10.2. The minimum absolute atomic E-state index is 0.0226. The van der Waals surface area contributed by atoms with Gasteiger partial charge >= 0.3 is 5.97 Å². The summed E-state index contributed by atoms with van der Waals surface area (Å²) in [6.45, 7) is 0.269. The Morgan fingerprint density at radius 3 is 2.88 bits per heavy atom. The summed E-state index contributed by atoms with van der Waals surface area (Å²) in [5, 5.41) is 17.2. The van der Waals surface area contributed by atoms with Gasteiger partial charge in [0, 0.05) is 12.5 Å². The highest BCUT2D eigenvalue weighted by Crippen LogP contribution is 2.20. The third-order valence-corrected chi connectivity index (χ3v) is 2.11. The lowest BCUT2D eigenvalue weighted by Crippen LogP contribution is -2.05. The molecule has 1 aromatic rings. The molecule has 0 aliphatic rings. The van der Waals surface area contributed by atoms with E-state index in [0.717, 1.165) is 12.1 Å². The maximum atomic E-state index is 12.9. The molecule has 0 atom stereocenters. The topological polar surface area (TPSA) is 70.3 Å². The number of halogens is 1. The van der Waals surface area contributed by atoms with Gasteiger partial charge in [-0.2, -0.15) is 5.26 Å². The molecule has 0 amide bonds. The van der Waals surface area contributed by atoms with Crippen LogP contribution in [0.15, 0.2) is 18.2 Å². The summed E-state index contributed by atoms with van der Waals surface area (Å²) >= 11 is 0. The summed E-state index contributed by atoms with van der Waals surface area (Å²) in [4.78, 5) is 10.8. The molecular formula is C12H12FNO3. The zero-order chi connectivity index (χ0) is 12.7. The van der Waals surface area contributed by atoms with Gasteiger partial charge in [-0.1, -0.05) is 0 Å². The number of aromatic carboxylic acids is 1. The van der Waals surface area contributed by atoms with Crippen molar-refractivity contribution in [2.75, 3.05) is 6.61 Å². The van der Waals surface area contributed by atoms with Crippen molar-refractivity contribution in [3.8, 4) is 11.8 Å². The quantitative estimate of drug-likeness (QED) is 0.772. The summed E-state index contributed by atoms with van der Waals surface area (Å²) in [6.07, 6.45) is 1.73. The van der Waals surface area contributed by atoms with Crippen LogP contribution in [0.4, 0.5) is 4.39 Å². The van der Waals surface area contributed by atoms with Gasteiger partial charge in [0.1, 0.15) is 17.1 Å². The lowest BCUT2D eigenvalue weighted by Gasteiger charge is -2.08. The number of carbonyl (C=O) groups is 1. The molecule has 0 saturated heterocycles. The van der Waals surface area contributed by atoms with Crippen LogP contribution in [0.25, 0.3) is 0 Å². The van der Waals surface area contributed by atoms with Gasteiger partial charge in [0.2, 0.25) is 0 Å². The third kappa shape index (κ3) is 4.11. The van der Waals surface area contributed by atoms with Crippen LogP contribution in [0.3, 0.4) is 0 Å². The van der Waals surface area contributed by atoms with Gasteiger partial charge in [-0.25, -0.2) is 9.18 Å². The average Bonchev–Trinajstić information content (AvgIpc) is 2.28. The highest BCUT2D eigenvalue weighted by Gasteiger charge is 2.11. The van der Waals surface area contributed by atoms with Crippen molar-refractivity contribution in [3.05, 3.63) is 29.6 Å². The zero-order valence-corrected chi connectivity index (χ0v) is 9.15. The summed E-state index contributed by atoms with van der Waals surface area (Å²) in [7, 11) is 0. The van der Waals surface area contributed by atoms with E-state index in [0.29, 0.717) is 19.3 Å². The van der Waals surface area contributed by atoms with Crippen molar-refractivity contribution >= 4 is 5.97 Å². The second-order valence-electron chi connectivity index (χ2n) is 3.41. The third-order valence-electron chi connectivity index (χ3n) is 2.11. The molecule has 90 valence electrons. The normalized spacial score (nSPS) is 9.65. The number of carboxylic acid groups (broad SMARTS) is 1. The van der Waals surface area contributed by atoms with Crippen LogP contribution in [0.1, 0.15) is 29.6 Å². The van der Waals surface area contributed by atoms with E-state index in [2.05, 4.69) is 0 Å². The first-order valence-corrected chi connectivity index (χ1v) is 5.17. The van der Waals surface area contributed by atoms with Crippen molar-refractivity contribution in [1.82, 2.24) is 0 Å². The Morgan fingerprint density at radius 2 is 2.24 bits per heavy atom. The number of nitriles is 1. The molecule has 0 spiro atoms. The SMILES string of the molecule is N#CCCCCOc1cc(F)ccc1C(=O)O. The van der Waals surface area contributed by atoms with Gasteiger partial charge in [0.05, 0.1) is 12.7 Å². The van der Waals surface area contributed by atoms with Crippen molar-refractivity contribution < 1.29 is 19.0 Å². The first kappa shape index (κ1) is 13.0. The Bertz CT molecular complexity index is 440. The van der Waals surface area contributed by atoms with Crippen LogP contribution in [-0.2, 0) is 0 Å². The van der Waals surface area contributed by atoms with Crippen LogP contribution in [-0.4, -0.2) is 17.7 Å². The molecule has 17 heavy (non-hydrogen) atoms. The fourth-order valence-corrected chi connectivity index (χ4v) is 1.28. The second kappa shape index (κ2) is 6.48. The number of ether oxygens (including phenoxy) is 1. The van der Waals surface area contributed by atoms with Crippen molar-refractivity contribution in [2.45, 2.75) is 19.3 Å². The predicted molar refractivity (Wildman–Crippen MR) is 58.3 cm³/mol. The molecule has 4 nitrogen and oxygen atoms in total. The van der Waals surface area contributed by atoms with E-state index < -0.39 is 11.8 Å². The van der Waals surface area contributed by atoms with Gasteiger partial charge in [0.15, 0.2) is 0 Å². The Labute approximate surface area is 98.2 Å². The Balaban J connectivity index is 2.60. The van der Waals surface area contributed by atoms with Gasteiger partial charge in [0.25, 0.3) is 0 Å². The highest BCUT2D eigenvalue weighted by molar-refractivity contribution is 5.90. The van der Waals surface area contributed by atoms with E-state index in [1.54, 1.807) is 0 Å². The van der Waals surface area contributed by atoms with Gasteiger partial charge in [-0.05, 0) is 25.0 Å². The van der Waals surface area contributed by atoms with E-state index in [9.17, 15) is 9.18 Å². The number of benzene rings is 1. The predicted octanol–water partition coefficient (Wildman–Crippen LogP) is 2.60. The Kier molecular flexibility index (Phi) is 4.95. The van der Waals surface area contributed by atoms with Crippen LogP contribution >= 0.6 is 0 Å². The monoisotopic (exact) mass is 237 g/mol. The van der Waals surface area contributed by atoms with Crippen LogP contribution in [0, 0.1) is 17.1 Å². The van der Waals surface area contributed by atoms with E-state index in [-0.39, 0.29) is 17.9 Å². The van der Waals surface area contributed by atoms with Gasteiger partial charge < -0.3 is 9.84 Å². The molecule has 0 radical (unpaired) electrons. The Hall–Kier alpha value is -2.09. The molecule has 1 N–H and O–H groups in total. The lowest BCUT2D eigenvalue weighted by molar-refractivity contribution is 0.0692. The molecule has 0 saturated carbocycles. The number of rotatable bonds is 6. The summed E-state index contributed by atoms with van der Waals surface area (Å²) < 4.78 is 18.1. The van der Waals surface area contributed by atoms with E-state index >= 15 is 0 Å². The molecule has 0 aliphatic carbocycles. The standard InChI is InChI=1S/C12H12FNO3/c13-9-4-5-10(12(15)16)11(8-9)17-7-3-1-2-6-14/h4-5,8H,1-3,7H2,(H,15,16). The molecule has 1 rings (SSSR count). The van der Waals surface area contributed by atoms with E-state index in [1.165, 1.54) is 6.07 Å². The summed E-state index contributed by atoms with van der Waals surface area (Å²) in [6, 6.07) is 5.29. The smallest absolute Gasteiger partial charge is 0.339 e. The average molecular weight is 237 g/mol. The van der Waals surface area contributed by atoms with Crippen LogP contribution < -0.4 is 4.74 Å². The summed E-state index contributed by atoms with van der Waals surface area (Å²) in [5.41, 5.74) is -0.0633. The number of hydrogen-bond donors (Lipinski definition) is 1. The number of carboxylic acids is 1. The molecule has 5 heteroatoms. The highest BCUT2D eigenvalue weighted by atomic mass is 19.1. The van der Waals surface area contributed by atoms with Crippen molar-refractivity contribution in [3.63, 3.8) is 0 Å². The second-order valence-corrected chi connectivity index (χ2v) is 3.41. The largest absolute Gasteiger partial charge is 0.493 e. The molecule has 0 heterocycles. The molecule has 0 aromatic heterocycles. The number of hydrogen-bond acceptors (Lipinski definition) is 3. The van der Waals surface area contributed by atoms with Crippen LogP contribution in [0.2, 0.25) is 0 Å². The van der Waals surface area contributed by atoms with Gasteiger partial charge in [-0.3, -0.25) is 0 Å². The first-order valence-electron chi connectivity index (χ1n) is 5.17. The molecule has 1 aromatic carbocycles. The zero-order valence-electron chi connectivity index (χ0n) is 9.15. The fraction of sp³-hybridized carbons (Fsp3) is 0.333. The van der Waals surface area contributed by atoms with Crippen molar-refractivity contribution in [2.24, 2.45) is 0 Å². The molecular weight excluding hydrogens is 225 g/mol. The minimum atomic E-state index is -1.16. The molecule has 0 bridgehead atoms. The fourth-order valence-electron chi connectivity index (χ4n) is 1.28. The maximum Gasteiger partial charge on any atom is 0.339 e. The Morgan fingerprint density at radius 1 is 1.47 bits per heavy atom. The summed E-state index contributed by atoms with van der Waals surface area (Å²) in [5.74, 6) is -1.67. The molecule has 0 aliphatic heterocycles.